The molecule has 0 radical (unpaired) electrons. The summed E-state index contributed by atoms with van der Waals surface area (Å²) in [5.41, 5.74) is 9.35. The molecule has 2 aromatic rings. The Morgan fingerprint density at radius 1 is 1.29 bits per heavy atom. The smallest absolute Gasteiger partial charge is 0.192 e. The molecule has 1 fully saturated rings. The lowest BCUT2D eigenvalue weighted by Gasteiger charge is -2.38. The minimum Gasteiger partial charge on any atom is -0.412 e. The number of aryl methyl sites for hydroxylation is 1. The van der Waals surface area contributed by atoms with Crippen molar-refractivity contribution in [3.8, 4) is 0 Å². The standard InChI is InChI=1S/C18H30N4OSi/c1-18(2,3)24(5,6)23-14-7-8-22(12-14)17-10-16-13(9-15(17)19)11-20-21(16)4/h9-11,14H,7-8,12,19H2,1-6H3. The molecule has 1 saturated heterocycles. The predicted molar refractivity (Wildman–Crippen MR) is 104 cm³/mol. The molecule has 0 aliphatic carbocycles. The average molecular weight is 347 g/mol. The quantitative estimate of drug-likeness (QED) is 0.679. The highest BCUT2D eigenvalue weighted by molar-refractivity contribution is 6.74. The summed E-state index contributed by atoms with van der Waals surface area (Å²) in [7, 11) is 0.240. The largest absolute Gasteiger partial charge is 0.412 e. The molecule has 3 rings (SSSR count). The first-order valence-electron chi connectivity index (χ1n) is 8.72. The van der Waals surface area contributed by atoms with Gasteiger partial charge in [-0.2, -0.15) is 5.10 Å². The molecule has 1 aliphatic rings. The van der Waals surface area contributed by atoms with Crippen LogP contribution in [0.4, 0.5) is 11.4 Å². The molecule has 1 aromatic carbocycles. The van der Waals surface area contributed by atoms with E-state index in [4.69, 9.17) is 10.2 Å². The first-order chi connectivity index (χ1) is 11.1. The molecule has 1 aromatic heterocycles. The van der Waals surface area contributed by atoms with Crippen molar-refractivity contribution in [3.05, 3.63) is 18.3 Å². The molecule has 0 spiro atoms. The lowest BCUT2D eigenvalue weighted by molar-refractivity contribution is 0.202. The number of rotatable bonds is 3. The lowest BCUT2D eigenvalue weighted by atomic mass is 10.2. The number of hydrogen-bond acceptors (Lipinski definition) is 4. The van der Waals surface area contributed by atoms with E-state index in [-0.39, 0.29) is 5.04 Å². The number of hydrogen-bond donors (Lipinski definition) is 1. The molecule has 2 N–H and O–H groups in total. The number of nitrogen functional groups attached to an aromatic ring is 1. The van der Waals surface area contributed by atoms with Crippen molar-refractivity contribution in [3.63, 3.8) is 0 Å². The number of aromatic nitrogens is 2. The molecular formula is C18H30N4OSi. The fourth-order valence-electron chi connectivity index (χ4n) is 3.12. The fraction of sp³-hybridized carbons (Fsp3) is 0.611. The lowest BCUT2D eigenvalue weighted by Crippen LogP contribution is -2.44. The molecule has 1 atom stereocenters. The van der Waals surface area contributed by atoms with Crippen molar-refractivity contribution in [2.24, 2.45) is 7.05 Å². The van der Waals surface area contributed by atoms with E-state index >= 15 is 0 Å². The monoisotopic (exact) mass is 346 g/mol. The summed E-state index contributed by atoms with van der Waals surface area (Å²) in [6.45, 7) is 13.4. The molecule has 0 saturated carbocycles. The average Bonchev–Trinajstić information content (AvgIpc) is 3.04. The number of nitrogens with zero attached hydrogens (tertiary/aromatic N) is 3. The van der Waals surface area contributed by atoms with E-state index < -0.39 is 8.32 Å². The highest BCUT2D eigenvalue weighted by Gasteiger charge is 2.40. The maximum Gasteiger partial charge on any atom is 0.192 e. The van der Waals surface area contributed by atoms with E-state index in [1.807, 2.05) is 24.0 Å². The van der Waals surface area contributed by atoms with Crippen LogP contribution >= 0.6 is 0 Å². The van der Waals surface area contributed by atoms with Crippen LogP contribution in [0.5, 0.6) is 0 Å². The molecular weight excluding hydrogens is 316 g/mol. The van der Waals surface area contributed by atoms with Crippen molar-refractivity contribution in [1.29, 1.82) is 0 Å². The molecule has 2 heterocycles. The Hall–Kier alpha value is -1.53. The van der Waals surface area contributed by atoms with Crippen LogP contribution in [-0.4, -0.2) is 37.3 Å². The van der Waals surface area contributed by atoms with Gasteiger partial charge in [-0.3, -0.25) is 4.68 Å². The van der Waals surface area contributed by atoms with Gasteiger partial charge >= 0.3 is 0 Å². The Kier molecular flexibility index (Phi) is 4.16. The summed E-state index contributed by atoms with van der Waals surface area (Å²) < 4.78 is 8.49. The van der Waals surface area contributed by atoms with Gasteiger partial charge in [-0.25, -0.2) is 0 Å². The Morgan fingerprint density at radius 2 is 2.00 bits per heavy atom. The van der Waals surface area contributed by atoms with Gasteiger partial charge in [-0.1, -0.05) is 20.8 Å². The van der Waals surface area contributed by atoms with Crippen molar-refractivity contribution in [2.75, 3.05) is 23.7 Å². The van der Waals surface area contributed by atoms with Gasteiger partial charge in [0, 0.05) is 25.5 Å². The maximum absolute atomic E-state index is 6.59. The van der Waals surface area contributed by atoms with Crippen molar-refractivity contribution >= 4 is 30.6 Å². The second-order valence-corrected chi connectivity index (χ2v) is 13.2. The van der Waals surface area contributed by atoms with Gasteiger partial charge < -0.3 is 15.1 Å². The second kappa shape index (κ2) is 5.77. The van der Waals surface area contributed by atoms with Crippen LogP contribution in [0.25, 0.3) is 10.9 Å². The molecule has 1 unspecified atom stereocenters. The number of nitrogens with two attached hydrogens (primary N) is 1. The Balaban J connectivity index is 1.79. The van der Waals surface area contributed by atoms with E-state index in [0.29, 0.717) is 6.10 Å². The first kappa shape index (κ1) is 17.3. The number of fused-ring (bicyclic) bond motifs is 1. The van der Waals surface area contributed by atoms with Gasteiger partial charge in [0.25, 0.3) is 0 Å². The number of benzene rings is 1. The van der Waals surface area contributed by atoms with E-state index in [2.05, 4.69) is 49.9 Å². The van der Waals surface area contributed by atoms with Crippen LogP contribution in [0.15, 0.2) is 18.3 Å². The molecule has 5 nitrogen and oxygen atoms in total. The zero-order valence-corrected chi connectivity index (χ0v) is 16.8. The molecule has 0 amide bonds. The van der Waals surface area contributed by atoms with Gasteiger partial charge in [-0.05, 0) is 36.7 Å². The van der Waals surface area contributed by atoms with E-state index in [9.17, 15) is 0 Å². The third-order valence-electron chi connectivity index (χ3n) is 5.65. The van der Waals surface area contributed by atoms with E-state index in [0.717, 1.165) is 41.8 Å². The zero-order valence-electron chi connectivity index (χ0n) is 15.8. The van der Waals surface area contributed by atoms with Crippen molar-refractivity contribution in [2.45, 2.75) is 51.4 Å². The highest BCUT2D eigenvalue weighted by atomic mass is 28.4. The minimum atomic E-state index is -1.73. The molecule has 132 valence electrons. The van der Waals surface area contributed by atoms with Crippen LogP contribution in [0.3, 0.4) is 0 Å². The van der Waals surface area contributed by atoms with Gasteiger partial charge in [0.05, 0.1) is 29.2 Å². The van der Waals surface area contributed by atoms with Crippen LogP contribution < -0.4 is 10.6 Å². The third-order valence-corrected chi connectivity index (χ3v) is 10.2. The summed E-state index contributed by atoms with van der Waals surface area (Å²) in [5.74, 6) is 0. The molecule has 1 aliphatic heterocycles. The summed E-state index contributed by atoms with van der Waals surface area (Å²) in [6.07, 6.45) is 3.23. The Labute approximate surface area is 145 Å². The van der Waals surface area contributed by atoms with E-state index in [1.54, 1.807) is 0 Å². The minimum absolute atomic E-state index is 0.243. The normalized spacial score (nSPS) is 19.4. The Bertz CT molecular complexity index is 747. The van der Waals surface area contributed by atoms with Gasteiger partial charge in [-0.15, -0.1) is 0 Å². The predicted octanol–water partition coefficient (Wildman–Crippen LogP) is 3.76. The van der Waals surface area contributed by atoms with Gasteiger partial charge in [0.2, 0.25) is 0 Å². The molecule has 6 heteroatoms. The van der Waals surface area contributed by atoms with Crippen molar-refractivity contribution < 1.29 is 4.43 Å². The first-order valence-corrected chi connectivity index (χ1v) is 11.6. The van der Waals surface area contributed by atoms with Gasteiger partial charge in [0.15, 0.2) is 8.32 Å². The summed E-state index contributed by atoms with van der Waals surface area (Å²) in [5, 5.41) is 5.65. The molecule has 0 bridgehead atoms. The molecule has 24 heavy (non-hydrogen) atoms. The second-order valence-electron chi connectivity index (χ2n) is 8.47. The highest BCUT2D eigenvalue weighted by Crippen LogP contribution is 2.39. The van der Waals surface area contributed by atoms with Crippen LogP contribution in [0.2, 0.25) is 18.1 Å². The summed E-state index contributed by atoms with van der Waals surface area (Å²) in [4.78, 5) is 2.36. The Morgan fingerprint density at radius 3 is 2.67 bits per heavy atom. The fourth-order valence-corrected chi connectivity index (χ4v) is 4.50. The van der Waals surface area contributed by atoms with E-state index in [1.165, 1.54) is 0 Å². The van der Waals surface area contributed by atoms with Crippen LogP contribution in [-0.2, 0) is 11.5 Å². The topological polar surface area (TPSA) is 56.3 Å². The third kappa shape index (κ3) is 3.05. The zero-order chi connectivity index (χ0) is 17.7. The maximum atomic E-state index is 6.59. The van der Waals surface area contributed by atoms with Crippen molar-refractivity contribution in [1.82, 2.24) is 9.78 Å². The summed E-state index contributed by atoms with van der Waals surface area (Å²) >= 11 is 0. The number of anilines is 2. The van der Waals surface area contributed by atoms with Gasteiger partial charge in [0.1, 0.15) is 0 Å². The SMILES string of the molecule is Cn1ncc2cc(N)c(N3CCC(O[Si](C)(C)C(C)(C)C)C3)cc21. The summed E-state index contributed by atoms with van der Waals surface area (Å²) in [6, 6.07) is 4.19. The van der Waals surface area contributed by atoms with Crippen LogP contribution in [0, 0.1) is 0 Å². The van der Waals surface area contributed by atoms with Crippen LogP contribution in [0.1, 0.15) is 27.2 Å².